The van der Waals surface area contributed by atoms with Crippen LogP contribution < -0.4 is 5.73 Å². The maximum atomic E-state index is 9.60. The molecular formula is C6H10N2O2. The van der Waals surface area contributed by atoms with Crippen LogP contribution in [0.3, 0.4) is 0 Å². The Morgan fingerprint density at radius 2 is 2.40 bits per heavy atom. The van der Waals surface area contributed by atoms with Crippen LogP contribution in [0.1, 0.15) is 6.92 Å². The van der Waals surface area contributed by atoms with Crippen molar-refractivity contribution in [2.24, 2.45) is 5.73 Å². The van der Waals surface area contributed by atoms with E-state index in [0.717, 1.165) is 0 Å². The molecule has 0 aliphatic rings. The number of nitrogens with two attached hydrogens (primary N) is 1. The van der Waals surface area contributed by atoms with Crippen LogP contribution in [-0.2, 0) is 4.74 Å². The van der Waals surface area contributed by atoms with Crippen molar-refractivity contribution in [1.82, 2.24) is 0 Å². The summed E-state index contributed by atoms with van der Waals surface area (Å²) in [4.78, 5) is 9.60. The Labute approximate surface area is 59.9 Å². The first-order valence-corrected chi connectivity index (χ1v) is 2.61. The Hall–Kier alpha value is -1.50. The molecule has 0 atom stereocenters. The lowest BCUT2D eigenvalue weighted by Crippen LogP contribution is -2.11. The fraction of sp³-hybridized carbons (Fsp3) is 0.333. The number of hydrogen-bond acceptors (Lipinski definition) is 3. The average molecular weight is 142 g/mol. The van der Waals surface area contributed by atoms with Gasteiger partial charge in [-0.3, -0.25) is 0 Å². The predicted octanol–water partition coefficient (Wildman–Crippen LogP) is 0.798. The van der Waals surface area contributed by atoms with Crippen LogP contribution >= 0.6 is 0 Å². The first-order valence-electron chi connectivity index (χ1n) is 2.61. The third kappa shape index (κ3) is 31.5. The van der Waals surface area contributed by atoms with Gasteiger partial charge in [0.25, 0.3) is 0 Å². The van der Waals surface area contributed by atoms with Crippen molar-refractivity contribution < 1.29 is 9.53 Å². The molecule has 0 radical (unpaired) electrons. The Morgan fingerprint density at radius 3 is 2.40 bits per heavy atom. The highest BCUT2D eigenvalue weighted by molar-refractivity contribution is 5.64. The summed E-state index contributed by atoms with van der Waals surface area (Å²) in [5, 5.41) is 7.51. The van der Waals surface area contributed by atoms with E-state index in [-0.39, 0.29) is 0 Å². The molecule has 4 nitrogen and oxygen atoms in total. The highest BCUT2D eigenvalue weighted by atomic mass is 16.5. The maximum Gasteiger partial charge on any atom is 0.404 e. The van der Waals surface area contributed by atoms with E-state index in [2.05, 4.69) is 17.0 Å². The molecule has 4 heteroatoms. The molecule has 10 heavy (non-hydrogen) atoms. The highest BCUT2D eigenvalue weighted by Gasteiger charge is 1.82. The van der Waals surface area contributed by atoms with Gasteiger partial charge < -0.3 is 10.5 Å². The molecule has 2 N–H and O–H groups in total. The second-order valence-electron chi connectivity index (χ2n) is 1.09. The lowest BCUT2D eigenvalue weighted by molar-refractivity contribution is 0.163. The van der Waals surface area contributed by atoms with E-state index in [1.165, 1.54) is 6.08 Å². The monoisotopic (exact) mass is 142 g/mol. The third-order valence-electron chi connectivity index (χ3n) is 0.378. The van der Waals surface area contributed by atoms with E-state index in [9.17, 15) is 4.79 Å². The highest BCUT2D eigenvalue weighted by Crippen LogP contribution is 1.66. The lowest BCUT2D eigenvalue weighted by Gasteiger charge is -1.89. The van der Waals surface area contributed by atoms with Crippen molar-refractivity contribution in [2.45, 2.75) is 6.92 Å². The molecule has 0 aromatic carbocycles. The van der Waals surface area contributed by atoms with Gasteiger partial charge in [-0.05, 0) is 6.92 Å². The second-order valence-corrected chi connectivity index (χ2v) is 1.09. The molecule has 0 aromatic rings. The van der Waals surface area contributed by atoms with E-state index in [1.807, 2.05) is 0 Å². The Morgan fingerprint density at radius 1 is 2.00 bits per heavy atom. The van der Waals surface area contributed by atoms with Gasteiger partial charge in [0, 0.05) is 6.08 Å². The number of carbonyl (C=O) groups is 1. The van der Waals surface area contributed by atoms with Gasteiger partial charge >= 0.3 is 6.09 Å². The van der Waals surface area contributed by atoms with Gasteiger partial charge in [-0.1, -0.05) is 6.58 Å². The van der Waals surface area contributed by atoms with E-state index >= 15 is 0 Å². The number of rotatable bonds is 1. The van der Waals surface area contributed by atoms with Crippen LogP contribution in [0.25, 0.3) is 0 Å². The normalized spacial score (nSPS) is 6.00. The Kier molecular flexibility index (Phi) is 11.9. The number of ether oxygens (including phenoxy) is 1. The van der Waals surface area contributed by atoms with E-state index in [4.69, 9.17) is 5.26 Å². The van der Waals surface area contributed by atoms with Gasteiger partial charge in [-0.15, -0.1) is 0 Å². The van der Waals surface area contributed by atoms with Crippen LogP contribution in [0.5, 0.6) is 0 Å². The summed E-state index contributed by atoms with van der Waals surface area (Å²) in [5.74, 6) is 0. The minimum atomic E-state index is -0.711. The van der Waals surface area contributed by atoms with Gasteiger partial charge in [-0.25, -0.2) is 4.79 Å². The van der Waals surface area contributed by atoms with Crippen molar-refractivity contribution in [1.29, 1.82) is 5.26 Å². The number of hydrogen-bond donors (Lipinski definition) is 1. The second kappa shape index (κ2) is 10.5. The largest absolute Gasteiger partial charge is 0.450 e. The van der Waals surface area contributed by atoms with Crippen LogP contribution in [0, 0.1) is 11.3 Å². The number of carbonyl (C=O) groups excluding carboxylic acids is 1. The zero-order valence-electron chi connectivity index (χ0n) is 5.83. The molecule has 0 aromatic heterocycles. The lowest BCUT2D eigenvalue weighted by atomic mass is 10.8. The third-order valence-corrected chi connectivity index (χ3v) is 0.378. The first kappa shape index (κ1) is 11.3. The molecule has 0 aliphatic carbocycles. The zero-order chi connectivity index (χ0) is 8.41. The summed E-state index contributed by atoms with van der Waals surface area (Å²) in [6.45, 7) is 5.17. The molecule has 0 rings (SSSR count). The standard InChI is InChI=1S/C3H7NO2.C3H3N/c1-2-6-3(4)5;1-2-3-4/h2H2,1H3,(H2,4,5);2H,1H2. The molecule has 0 saturated carbocycles. The molecule has 0 spiro atoms. The molecule has 1 amide bonds. The quantitative estimate of drug-likeness (QED) is 0.550. The summed E-state index contributed by atoms with van der Waals surface area (Å²) in [6.07, 6.45) is 0.470. The number of nitriles is 1. The van der Waals surface area contributed by atoms with Gasteiger partial charge in [0.15, 0.2) is 0 Å². The van der Waals surface area contributed by atoms with Crippen molar-refractivity contribution in [3.63, 3.8) is 0 Å². The summed E-state index contributed by atoms with van der Waals surface area (Å²) >= 11 is 0. The summed E-state index contributed by atoms with van der Waals surface area (Å²) in [7, 11) is 0. The van der Waals surface area contributed by atoms with Crippen molar-refractivity contribution in [3.05, 3.63) is 12.7 Å². The van der Waals surface area contributed by atoms with Crippen LogP contribution in [0.4, 0.5) is 4.79 Å². The summed E-state index contributed by atoms with van der Waals surface area (Å²) in [6, 6.07) is 1.69. The number of amides is 1. The zero-order valence-corrected chi connectivity index (χ0v) is 5.83. The van der Waals surface area contributed by atoms with Gasteiger partial charge in [0.1, 0.15) is 0 Å². The van der Waals surface area contributed by atoms with Crippen molar-refractivity contribution in [3.8, 4) is 6.07 Å². The minimum absolute atomic E-state index is 0.356. The van der Waals surface area contributed by atoms with Crippen LogP contribution in [-0.4, -0.2) is 12.7 Å². The fourth-order valence-electron chi connectivity index (χ4n) is 0.142. The summed E-state index contributed by atoms with van der Waals surface area (Å²) in [5.41, 5.74) is 4.54. The number of nitrogens with zero attached hydrogens (tertiary/aromatic N) is 1. The van der Waals surface area contributed by atoms with Gasteiger partial charge in [0.05, 0.1) is 12.7 Å². The van der Waals surface area contributed by atoms with Gasteiger partial charge in [-0.2, -0.15) is 5.26 Å². The molecule has 0 fully saturated rings. The SMILES string of the molecule is C=CC#N.CCOC(N)=O. The van der Waals surface area contributed by atoms with Crippen molar-refractivity contribution in [2.75, 3.05) is 6.61 Å². The van der Waals surface area contributed by atoms with E-state index in [0.29, 0.717) is 6.61 Å². The smallest absolute Gasteiger partial charge is 0.404 e. The van der Waals surface area contributed by atoms with Crippen LogP contribution in [0.2, 0.25) is 0 Å². The van der Waals surface area contributed by atoms with Gasteiger partial charge in [0.2, 0.25) is 0 Å². The Balaban J connectivity index is 0. The predicted molar refractivity (Wildman–Crippen MR) is 37.0 cm³/mol. The summed E-state index contributed by atoms with van der Waals surface area (Å²) < 4.78 is 4.18. The minimum Gasteiger partial charge on any atom is -0.450 e. The first-order chi connectivity index (χ1) is 4.68. The average Bonchev–Trinajstić information content (AvgIpc) is 1.89. The van der Waals surface area contributed by atoms with Crippen LogP contribution in [0.15, 0.2) is 12.7 Å². The number of primary amides is 1. The van der Waals surface area contributed by atoms with Crippen molar-refractivity contribution >= 4 is 6.09 Å². The molecular weight excluding hydrogens is 132 g/mol. The number of allylic oxidation sites excluding steroid dienone is 1. The fourth-order valence-corrected chi connectivity index (χ4v) is 0.142. The van der Waals surface area contributed by atoms with E-state index < -0.39 is 6.09 Å². The molecule has 0 saturated heterocycles. The maximum absolute atomic E-state index is 9.60. The molecule has 0 aliphatic heterocycles. The topological polar surface area (TPSA) is 76.1 Å². The molecule has 0 heterocycles. The van der Waals surface area contributed by atoms with E-state index in [1.54, 1.807) is 13.0 Å². The molecule has 0 bridgehead atoms. The molecule has 0 unspecified atom stereocenters. The Bertz CT molecular complexity index is 137. The molecule has 56 valence electrons.